The third-order valence-corrected chi connectivity index (χ3v) is 5.43. The van der Waals surface area contributed by atoms with Gasteiger partial charge in [-0.15, -0.1) is 0 Å². The molecule has 2 aromatic heterocycles. The second-order valence-corrected chi connectivity index (χ2v) is 7.43. The smallest absolute Gasteiger partial charge is 0.242 e. The molecule has 0 atom stereocenters. The molecule has 0 unspecified atom stereocenters. The van der Waals surface area contributed by atoms with Crippen molar-refractivity contribution >= 4 is 17.5 Å². The van der Waals surface area contributed by atoms with Gasteiger partial charge in [0.1, 0.15) is 12.4 Å². The maximum Gasteiger partial charge on any atom is 0.242 e. The molecule has 1 saturated heterocycles. The number of benzene rings is 1. The fourth-order valence-corrected chi connectivity index (χ4v) is 3.70. The van der Waals surface area contributed by atoms with Crippen molar-refractivity contribution in [3.05, 3.63) is 59.9 Å². The lowest BCUT2D eigenvalue weighted by Crippen LogP contribution is -2.48. The summed E-state index contributed by atoms with van der Waals surface area (Å²) < 4.78 is 15.1. The Kier molecular flexibility index (Phi) is 5.60. The summed E-state index contributed by atoms with van der Waals surface area (Å²) in [5.41, 5.74) is 2.88. The minimum Gasteiger partial charge on any atom is -0.339 e. The standard InChI is InChI=1S/C21H21ClFN5O/c1-26-10-12-27(13-11-26)18(29)14-28-20(16-6-8-24-9-7-16)19(25-21(28)22)15-2-4-17(23)5-3-15/h2-9H,10-14H2,1H3. The van der Waals surface area contributed by atoms with Gasteiger partial charge >= 0.3 is 0 Å². The third kappa shape index (κ3) is 4.16. The number of halogens is 2. The SMILES string of the molecule is CN1CCN(C(=O)Cn2c(Cl)nc(-c3ccc(F)cc3)c2-c2ccncc2)CC1. The molecule has 29 heavy (non-hydrogen) atoms. The molecular weight excluding hydrogens is 393 g/mol. The van der Waals surface area contributed by atoms with Crippen molar-refractivity contribution in [1.29, 1.82) is 0 Å². The summed E-state index contributed by atoms with van der Waals surface area (Å²) in [6.07, 6.45) is 3.36. The predicted molar refractivity (Wildman–Crippen MR) is 110 cm³/mol. The van der Waals surface area contributed by atoms with Crippen LogP contribution in [0.25, 0.3) is 22.5 Å². The van der Waals surface area contributed by atoms with Crippen molar-refractivity contribution in [2.45, 2.75) is 6.54 Å². The monoisotopic (exact) mass is 413 g/mol. The van der Waals surface area contributed by atoms with Crippen LogP contribution in [0.5, 0.6) is 0 Å². The molecule has 0 N–H and O–H groups in total. The van der Waals surface area contributed by atoms with Gasteiger partial charge in [-0.05, 0) is 55.0 Å². The van der Waals surface area contributed by atoms with Crippen molar-refractivity contribution in [2.24, 2.45) is 0 Å². The highest BCUT2D eigenvalue weighted by Crippen LogP contribution is 2.34. The average molecular weight is 414 g/mol. The van der Waals surface area contributed by atoms with Gasteiger partial charge in [0.15, 0.2) is 0 Å². The lowest BCUT2D eigenvalue weighted by atomic mass is 10.1. The van der Waals surface area contributed by atoms with Crippen molar-refractivity contribution in [1.82, 2.24) is 24.3 Å². The zero-order valence-electron chi connectivity index (χ0n) is 16.1. The summed E-state index contributed by atoms with van der Waals surface area (Å²) in [7, 11) is 2.05. The Hall–Kier alpha value is -2.77. The largest absolute Gasteiger partial charge is 0.339 e. The van der Waals surface area contributed by atoms with Crippen LogP contribution in [-0.4, -0.2) is 63.5 Å². The molecule has 1 aliphatic heterocycles. The summed E-state index contributed by atoms with van der Waals surface area (Å²) >= 11 is 6.47. The van der Waals surface area contributed by atoms with E-state index in [1.807, 2.05) is 24.1 Å². The molecule has 150 valence electrons. The Morgan fingerprint density at radius 3 is 2.34 bits per heavy atom. The maximum atomic E-state index is 13.4. The number of piperazine rings is 1. The molecule has 8 heteroatoms. The highest BCUT2D eigenvalue weighted by Gasteiger charge is 2.24. The second-order valence-electron chi connectivity index (χ2n) is 7.09. The number of pyridine rings is 1. The molecule has 1 amide bonds. The van der Waals surface area contributed by atoms with E-state index in [-0.39, 0.29) is 23.6 Å². The van der Waals surface area contributed by atoms with Crippen LogP contribution in [0.3, 0.4) is 0 Å². The van der Waals surface area contributed by atoms with Crippen LogP contribution in [0.2, 0.25) is 5.28 Å². The summed E-state index contributed by atoms with van der Waals surface area (Å²) in [5.74, 6) is -0.326. The van der Waals surface area contributed by atoms with Gasteiger partial charge in [0.05, 0.1) is 11.4 Å². The predicted octanol–water partition coefficient (Wildman–Crippen LogP) is 3.18. The first kappa shape index (κ1) is 19.5. The Balaban J connectivity index is 1.73. The van der Waals surface area contributed by atoms with Crippen LogP contribution in [0.4, 0.5) is 4.39 Å². The van der Waals surface area contributed by atoms with Gasteiger partial charge in [0, 0.05) is 49.7 Å². The molecule has 3 aromatic rings. The Labute approximate surface area is 173 Å². The number of hydrogen-bond acceptors (Lipinski definition) is 4. The van der Waals surface area contributed by atoms with Gasteiger partial charge in [0.25, 0.3) is 0 Å². The number of likely N-dealkylation sites (N-methyl/N-ethyl adjacent to an activating group) is 1. The normalized spacial score (nSPS) is 14.9. The van der Waals surface area contributed by atoms with Gasteiger partial charge < -0.3 is 14.4 Å². The van der Waals surface area contributed by atoms with Gasteiger partial charge in [-0.3, -0.25) is 9.78 Å². The molecule has 4 rings (SSSR count). The number of nitrogens with zero attached hydrogens (tertiary/aromatic N) is 5. The molecule has 0 saturated carbocycles. The molecule has 0 aliphatic carbocycles. The van der Waals surface area contributed by atoms with Gasteiger partial charge in [-0.2, -0.15) is 0 Å². The van der Waals surface area contributed by atoms with Crippen LogP contribution in [0.15, 0.2) is 48.8 Å². The van der Waals surface area contributed by atoms with E-state index in [4.69, 9.17) is 11.6 Å². The topological polar surface area (TPSA) is 54.3 Å². The Bertz CT molecular complexity index is 998. The fraction of sp³-hybridized carbons (Fsp3) is 0.286. The van der Waals surface area contributed by atoms with Crippen molar-refractivity contribution in [3.8, 4) is 22.5 Å². The lowest BCUT2D eigenvalue weighted by molar-refractivity contribution is -0.133. The molecule has 3 heterocycles. The van der Waals surface area contributed by atoms with Gasteiger partial charge in [-0.1, -0.05) is 0 Å². The molecule has 0 spiro atoms. The first-order valence-corrected chi connectivity index (χ1v) is 9.79. The van der Waals surface area contributed by atoms with E-state index in [9.17, 15) is 9.18 Å². The number of rotatable bonds is 4. The molecular formula is C21H21ClFN5O. The zero-order chi connectivity index (χ0) is 20.4. The number of carbonyl (C=O) groups excluding carboxylic acids is 1. The van der Waals surface area contributed by atoms with Gasteiger partial charge in [-0.25, -0.2) is 9.37 Å². The number of hydrogen-bond donors (Lipinski definition) is 0. The summed E-state index contributed by atoms with van der Waals surface area (Å²) in [5, 5.41) is 0.221. The molecule has 6 nitrogen and oxygen atoms in total. The number of carbonyl (C=O) groups is 1. The Morgan fingerprint density at radius 2 is 1.69 bits per heavy atom. The summed E-state index contributed by atoms with van der Waals surface area (Å²) in [6, 6.07) is 9.77. The van der Waals surface area contributed by atoms with E-state index >= 15 is 0 Å². The quantitative estimate of drug-likeness (QED) is 0.659. The molecule has 1 fully saturated rings. The first-order chi connectivity index (χ1) is 14.0. The Morgan fingerprint density at radius 1 is 1.03 bits per heavy atom. The van der Waals surface area contributed by atoms with Crippen molar-refractivity contribution in [3.63, 3.8) is 0 Å². The maximum absolute atomic E-state index is 13.4. The fourth-order valence-electron chi connectivity index (χ4n) is 3.47. The van der Waals surface area contributed by atoms with Crippen LogP contribution >= 0.6 is 11.6 Å². The van der Waals surface area contributed by atoms with Crippen molar-refractivity contribution < 1.29 is 9.18 Å². The molecule has 1 aromatic carbocycles. The minimum absolute atomic E-state index is 0.00152. The lowest BCUT2D eigenvalue weighted by Gasteiger charge is -2.32. The number of amides is 1. The summed E-state index contributed by atoms with van der Waals surface area (Å²) in [4.78, 5) is 25.6. The minimum atomic E-state index is -0.324. The molecule has 0 radical (unpaired) electrons. The van der Waals surface area contributed by atoms with E-state index < -0.39 is 0 Å². The summed E-state index contributed by atoms with van der Waals surface area (Å²) in [6.45, 7) is 3.17. The van der Waals surface area contributed by atoms with Crippen LogP contribution < -0.4 is 0 Å². The molecule has 1 aliphatic rings. The van der Waals surface area contributed by atoms with E-state index in [0.717, 1.165) is 24.2 Å². The van der Waals surface area contributed by atoms with Crippen LogP contribution in [0.1, 0.15) is 0 Å². The van der Waals surface area contributed by atoms with Crippen LogP contribution in [-0.2, 0) is 11.3 Å². The van der Waals surface area contributed by atoms with Gasteiger partial charge in [0.2, 0.25) is 11.2 Å². The average Bonchev–Trinajstić information content (AvgIpc) is 3.05. The highest BCUT2D eigenvalue weighted by molar-refractivity contribution is 6.29. The van der Waals surface area contributed by atoms with Crippen molar-refractivity contribution in [2.75, 3.05) is 33.2 Å². The van der Waals surface area contributed by atoms with E-state index in [1.54, 1.807) is 29.1 Å². The number of imidazole rings is 1. The van der Waals surface area contributed by atoms with E-state index in [0.29, 0.717) is 24.5 Å². The van der Waals surface area contributed by atoms with E-state index in [1.165, 1.54) is 12.1 Å². The third-order valence-electron chi connectivity index (χ3n) is 5.14. The molecule has 0 bridgehead atoms. The first-order valence-electron chi connectivity index (χ1n) is 9.41. The highest BCUT2D eigenvalue weighted by atomic mass is 35.5. The van der Waals surface area contributed by atoms with Crippen LogP contribution in [0, 0.1) is 5.82 Å². The zero-order valence-corrected chi connectivity index (χ0v) is 16.8. The second kappa shape index (κ2) is 8.31. The number of aromatic nitrogens is 3. The van der Waals surface area contributed by atoms with E-state index in [2.05, 4.69) is 14.9 Å².